The summed E-state index contributed by atoms with van der Waals surface area (Å²) in [6, 6.07) is 7.99. The molecule has 0 saturated carbocycles. The summed E-state index contributed by atoms with van der Waals surface area (Å²) in [6.45, 7) is 0. The van der Waals surface area contributed by atoms with Crippen LogP contribution in [0, 0.1) is 5.82 Å². The van der Waals surface area contributed by atoms with Crippen molar-refractivity contribution in [3.05, 3.63) is 59.4 Å². The summed E-state index contributed by atoms with van der Waals surface area (Å²) in [5, 5.41) is -0.871. The van der Waals surface area contributed by atoms with E-state index in [2.05, 4.69) is 0 Å². The zero-order valence-corrected chi connectivity index (χ0v) is 11.8. The smallest absolute Gasteiger partial charge is 0.276 e. The number of benzene rings is 2. The maximum absolute atomic E-state index is 13.1. The standard InChI is InChI=1S/C14H7ClF4OS/c15-13(20)11-7-9(16)4-5-12(11)21-10-3-1-2-8(6-10)14(17,18)19/h1-7H. The van der Waals surface area contributed by atoms with Crippen LogP contribution in [0.25, 0.3) is 0 Å². The average Bonchev–Trinajstić information content (AvgIpc) is 2.40. The second kappa shape index (κ2) is 6.07. The van der Waals surface area contributed by atoms with E-state index in [9.17, 15) is 22.4 Å². The Morgan fingerprint density at radius 3 is 2.43 bits per heavy atom. The van der Waals surface area contributed by atoms with Crippen LogP contribution in [0.5, 0.6) is 0 Å². The largest absolute Gasteiger partial charge is 0.416 e. The average molecular weight is 335 g/mol. The van der Waals surface area contributed by atoms with Crippen LogP contribution in [0.1, 0.15) is 15.9 Å². The Balaban J connectivity index is 2.37. The first-order valence-corrected chi connectivity index (χ1v) is 6.81. The van der Waals surface area contributed by atoms with Gasteiger partial charge in [-0.2, -0.15) is 13.2 Å². The molecule has 0 saturated heterocycles. The molecule has 2 aromatic carbocycles. The number of rotatable bonds is 3. The lowest BCUT2D eigenvalue weighted by molar-refractivity contribution is -0.137. The van der Waals surface area contributed by atoms with E-state index in [-0.39, 0.29) is 15.4 Å². The first-order valence-electron chi connectivity index (χ1n) is 5.62. The molecule has 0 N–H and O–H groups in total. The molecule has 110 valence electrons. The zero-order chi connectivity index (χ0) is 15.6. The Bertz CT molecular complexity index is 685. The van der Waals surface area contributed by atoms with Gasteiger partial charge in [-0.1, -0.05) is 17.8 Å². The van der Waals surface area contributed by atoms with Gasteiger partial charge in [0, 0.05) is 9.79 Å². The Kier molecular flexibility index (Phi) is 4.58. The molecular formula is C14H7ClF4OS. The van der Waals surface area contributed by atoms with Crippen LogP contribution < -0.4 is 0 Å². The molecule has 0 fully saturated rings. The maximum Gasteiger partial charge on any atom is 0.416 e. The molecule has 0 unspecified atom stereocenters. The summed E-state index contributed by atoms with van der Waals surface area (Å²) in [5.41, 5.74) is -0.882. The molecule has 0 amide bonds. The van der Waals surface area contributed by atoms with Gasteiger partial charge in [-0.15, -0.1) is 0 Å². The molecule has 0 aliphatic carbocycles. The molecule has 2 aromatic rings. The van der Waals surface area contributed by atoms with Crippen LogP contribution in [0.2, 0.25) is 0 Å². The molecule has 0 atom stereocenters. The van der Waals surface area contributed by atoms with E-state index in [0.717, 1.165) is 36.0 Å². The van der Waals surface area contributed by atoms with E-state index in [4.69, 9.17) is 11.6 Å². The second-order valence-electron chi connectivity index (χ2n) is 4.04. The van der Waals surface area contributed by atoms with Gasteiger partial charge in [0.2, 0.25) is 0 Å². The molecule has 0 aliphatic heterocycles. The number of alkyl halides is 3. The highest BCUT2D eigenvalue weighted by Gasteiger charge is 2.30. The summed E-state index contributed by atoms with van der Waals surface area (Å²) < 4.78 is 51.0. The molecule has 0 heterocycles. The first-order chi connectivity index (χ1) is 9.77. The lowest BCUT2D eigenvalue weighted by atomic mass is 10.2. The van der Waals surface area contributed by atoms with E-state index < -0.39 is 22.8 Å². The molecule has 2 rings (SSSR count). The maximum atomic E-state index is 13.1. The Labute approximate surface area is 126 Å². The van der Waals surface area contributed by atoms with Gasteiger partial charge in [0.15, 0.2) is 0 Å². The van der Waals surface area contributed by atoms with Crippen LogP contribution in [-0.2, 0) is 6.18 Å². The van der Waals surface area contributed by atoms with Crippen LogP contribution >= 0.6 is 23.4 Å². The van der Waals surface area contributed by atoms with Gasteiger partial charge in [-0.05, 0) is 48.0 Å². The quantitative estimate of drug-likeness (QED) is 0.554. The summed E-state index contributed by atoms with van der Waals surface area (Å²) in [4.78, 5) is 11.8. The van der Waals surface area contributed by atoms with Crippen LogP contribution in [0.15, 0.2) is 52.3 Å². The van der Waals surface area contributed by atoms with E-state index in [1.54, 1.807) is 0 Å². The fourth-order valence-electron chi connectivity index (χ4n) is 1.61. The van der Waals surface area contributed by atoms with Crippen molar-refractivity contribution in [3.63, 3.8) is 0 Å². The van der Waals surface area contributed by atoms with Crippen molar-refractivity contribution in [1.82, 2.24) is 0 Å². The number of hydrogen-bond donors (Lipinski definition) is 0. The lowest BCUT2D eigenvalue weighted by Crippen LogP contribution is -2.04. The van der Waals surface area contributed by atoms with Gasteiger partial charge in [-0.3, -0.25) is 4.79 Å². The molecule has 0 aromatic heterocycles. The van der Waals surface area contributed by atoms with Gasteiger partial charge in [-0.25, -0.2) is 4.39 Å². The highest BCUT2D eigenvalue weighted by molar-refractivity contribution is 7.99. The molecule has 0 bridgehead atoms. The topological polar surface area (TPSA) is 17.1 Å². The number of carbonyl (C=O) groups excluding carboxylic acids is 1. The normalized spacial score (nSPS) is 11.5. The predicted octanol–water partition coefficient (Wildman–Crippen LogP) is 5.37. The van der Waals surface area contributed by atoms with Crippen LogP contribution in [-0.4, -0.2) is 5.24 Å². The lowest BCUT2D eigenvalue weighted by Gasteiger charge is -2.10. The highest BCUT2D eigenvalue weighted by atomic mass is 35.5. The summed E-state index contributed by atoms with van der Waals surface area (Å²) in [6.07, 6.45) is -4.45. The van der Waals surface area contributed by atoms with Crippen molar-refractivity contribution in [2.75, 3.05) is 0 Å². The van der Waals surface area contributed by atoms with Crippen molar-refractivity contribution in [2.24, 2.45) is 0 Å². The highest BCUT2D eigenvalue weighted by Crippen LogP contribution is 2.36. The van der Waals surface area contributed by atoms with Crippen molar-refractivity contribution < 1.29 is 22.4 Å². The summed E-state index contributed by atoms with van der Waals surface area (Å²) >= 11 is 6.26. The van der Waals surface area contributed by atoms with Gasteiger partial charge >= 0.3 is 6.18 Å². The van der Waals surface area contributed by atoms with Gasteiger partial charge in [0.25, 0.3) is 5.24 Å². The Hall–Kier alpha value is -1.53. The van der Waals surface area contributed by atoms with E-state index in [1.807, 2.05) is 0 Å². The van der Waals surface area contributed by atoms with Gasteiger partial charge in [0.1, 0.15) is 5.82 Å². The molecule has 1 nitrogen and oxygen atoms in total. The minimum atomic E-state index is -4.45. The molecule has 21 heavy (non-hydrogen) atoms. The Morgan fingerprint density at radius 1 is 1.10 bits per heavy atom. The predicted molar refractivity (Wildman–Crippen MR) is 72.2 cm³/mol. The number of carbonyl (C=O) groups is 1. The van der Waals surface area contributed by atoms with Crippen LogP contribution in [0.4, 0.5) is 17.6 Å². The first kappa shape index (κ1) is 15.9. The summed E-state index contributed by atoms with van der Waals surface area (Å²) in [7, 11) is 0. The molecular weight excluding hydrogens is 328 g/mol. The van der Waals surface area contributed by atoms with Gasteiger partial charge < -0.3 is 0 Å². The monoisotopic (exact) mass is 334 g/mol. The Morgan fingerprint density at radius 2 is 1.81 bits per heavy atom. The van der Waals surface area contributed by atoms with Crippen molar-refractivity contribution in [2.45, 2.75) is 16.0 Å². The van der Waals surface area contributed by atoms with Crippen molar-refractivity contribution in [1.29, 1.82) is 0 Å². The van der Waals surface area contributed by atoms with E-state index in [0.29, 0.717) is 0 Å². The third-order valence-corrected chi connectivity index (χ3v) is 3.81. The van der Waals surface area contributed by atoms with Gasteiger partial charge in [0.05, 0.1) is 11.1 Å². The zero-order valence-electron chi connectivity index (χ0n) is 10.2. The molecule has 0 spiro atoms. The minimum absolute atomic E-state index is 0.0842. The molecule has 7 heteroatoms. The van der Waals surface area contributed by atoms with E-state index in [1.165, 1.54) is 18.2 Å². The van der Waals surface area contributed by atoms with Crippen molar-refractivity contribution in [3.8, 4) is 0 Å². The second-order valence-corrected chi connectivity index (χ2v) is 5.50. The summed E-state index contributed by atoms with van der Waals surface area (Å²) in [5.74, 6) is -0.646. The third kappa shape index (κ3) is 3.98. The fourth-order valence-corrected chi connectivity index (χ4v) is 2.80. The molecule has 0 aliphatic rings. The number of hydrogen-bond acceptors (Lipinski definition) is 2. The SMILES string of the molecule is O=C(Cl)c1cc(F)ccc1Sc1cccc(C(F)(F)F)c1. The molecule has 0 radical (unpaired) electrons. The third-order valence-electron chi connectivity index (χ3n) is 2.54. The number of halogens is 5. The van der Waals surface area contributed by atoms with E-state index >= 15 is 0 Å². The minimum Gasteiger partial charge on any atom is -0.276 e. The van der Waals surface area contributed by atoms with Crippen LogP contribution in [0.3, 0.4) is 0 Å². The van der Waals surface area contributed by atoms with Crippen molar-refractivity contribution >= 4 is 28.6 Å². The fraction of sp³-hybridized carbons (Fsp3) is 0.0714.